The van der Waals surface area contributed by atoms with E-state index in [0.29, 0.717) is 6.42 Å². The van der Waals surface area contributed by atoms with Crippen LogP contribution in [-0.2, 0) is 11.2 Å². The first-order valence-corrected chi connectivity index (χ1v) is 8.44. The molecule has 0 N–H and O–H groups in total. The molecule has 0 spiro atoms. The van der Waals surface area contributed by atoms with Crippen LogP contribution in [0.25, 0.3) is 0 Å². The van der Waals surface area contributed by atoms with Crippen LogP contribution >= 0.6 is 11.3 Å². The molecule has 0 radical (unpaired) electrons. The summed E-state index contributed by atoms with van der Waals surface area (Å²) in [6.07, 6.45) is 2.41. The lowest BCUT2D eigenvalue weighted by Gasteiger charge is -2.34. The fourth-order valence-electron chi connectivity index (χ4n) is 2.63. The number of amides is 1. The van der Waals surface area contributed by atoms with Crippen molar-refractivity contribution >= 4 is 22.4 Å². The summed E-state index contributed by atoms with van der Waals surface area (Å²) in [6, 6.07) is 8.21. The molecule has 1 amide bonds. The van der Waals surface area contributed by atoms with Crippen molar-refractivity contribution in [3.8, 4) is 0 Å². The number of hydrogen-bond acceptors (Lipinski definition) is 4. The Morgan fingerprint density at radius 2 is 1.82 bits per heavy atom. The van der Waals surface area contributed by atoms with Gasteiger partial charge < -0.3 is 9.80 Å². The number of thiazole rings is 1. The van der Waals surface area contributed by atoms with Crippen LogP contribution in [0, 0.1) is 13.8 Å². The molecule has 1 saturated heterocycles. The minimum Gasteiger partial charge on any atom is -0.345 e. The molecule has 2 heterocycles. The van der Waals surface area contributed by atoms with Gasteiger partial charge in [-0.1, -0.05) is 29.8 Å². The summed E-state index contributed by atoms with van der Waals surface area (Å²) in [5.41, 5.74) is 2.32. The van der Waals surface area contributed by atoms with Crippen molar-refractivity contribution in [2.75, 3.05) is 31.1 Å². The maximum absolute atomic E-state index is 12.4. The fraction of sp³-hybridized carbons (Fsp3) is 0.412. The summed E-state index contributed by atoms with van der Waals surface area (Å²) in [4.78, 5) is 22.3. The number of hydrogen-bond donors (Lipinski definition) is 0. The molecule has 22 heavy (non-hydrogen) atoms. The molecule has 5 heteroatoms. The second-order valence-electron chi connectivity index (χ2n) is 5.78. The number of aryl methyl sites for hydroxylation is 2. The summed E-state index contributed by atoms with van der Waals surface area (Å²) in [5.74, 6) is 0.221. The lowest BCUT2D eigenvalue weighted by molar-refractivity contribution is -0.130. The van der Waals surface area contributed by atoms with Crippen molar-refractivity contribution in [1.82, 2.24) is 9.88 Å². The summed E-state index contributed by atoms with van der Waals surface area (Å²) in [6.45, 7) is 7.43. The van der Waals surface area contributed by atoms with Crippen LogP contribution < -0.4 is 4.90 Å². The average Bonchev–Trinajstić information content (AvgIpc) is 2.96. The molecule has 116 valence electrons. The number of nitrogens with zero attached hydrogens (tertiary/aromatic N) is 3. The number of anilines is 1. The fourth-order valence-corrected chi connectivity index (χ4v) is 3.44. The quantitative estimate of drug-likeness (QED) is 0.874. The lowest BCUT2D eigenvalue weighted by Crippen LogP contribution is -2.49. The van der Waals surface area contributed by atoms with Crippen LogP contribution in [0.1, 0.15) is 16.0 Å². The normalized spacial score (nSPS) is 15.2. The molecule has 0 bridgehead atoms. The molecular weight excluding hydrogens is 294 g/mol. The average molecular weight is 315 g/mol. The molecule has 0 saturated carbocycles. The molecule has 0 atom stereocenters. The van der Waals surface area contributed by atoms with Crippen LogP contribution in [0.5, 0.6) is 0 Å². The Labute approximate surface area is 135 Å². The standard InChI is InChI=1S/C17H21N3OS/c1-13-3-5-15(6-4-13)11-16(21)19-7-9-20(10-8-19)17-18-12-14(2)22-17/h3-6,12H,7-11H2,1-2H3. The van der Waals surface area contributed by atoms with Gasteiger partial charge in [0.2, 0.25) is 5.91 Å². The van der Waals surface area contributed by atoms with Crippen molar-refractivity contribution in [2.24, 2.45) is 0 Å². The molecule has 1 aromatic heterocycles. The molecule has 3 rings (SSSR count). The molecule has 2 aromatic rings. The van der Waals surface area contributed by atoms with Crippen LogP contribution in [0.2, 0.25) is 0 Å². The first-order valence-electron chi connectivity index (χ1n) is 7.62. The molecular formula is C17H21N3OS. The third kappa shape index (κ3) is 3.47. The molecule has 0 unspecified atom stereocenters. The zero-order chi connectivity index (χ0) is 15.5. The maximum Gasteiger partial charge on any atom is 0.227 e. The van der Waals surface area contributed by atoms with Crippen LogP contribution in [0.4, 0.5) is 5.13 Å². The maximum atomic E-state index is 12.4. The smallest absolute Gasteiger partial charge is 0.227 e. The van der Waals surface area contributed by atoms with Crippen molar-refractivity contribution in [2.45, 2.75) is 20.3 Å². The molecule has 1 aliphatic rings. The van der Waals surface area contributed by atoms with Gasteiger partial charge in [0.1, 0.15) is 0 Å². The van der Waals surface area contributed by atoms with Gasteiger partial charge >= 0.3 is 0 Å². The highest BCUT2D eigenvalue weighted by molar-refractivity contribution is 7.15. The predicted octanol–water partition coefficient (Wildman–Crippen LogP) is 2.65. The van der Waals surface area contributed by atoms with Gasteiger partial charge in [-0.25, -0.2) is 4.98 Å². The highest BCUT2D eigenvalue weighted by Gasteiger charge is 2.22. The molecule has 1 aliphatic heterocycles. The van der Waals surface area contributed by atoms with Crippen LogP contribution in [0.3, 0.4) is 0 Å². The Hall–Kier alpha value is -1.88. The first kappa shape index (κ1) is 15.0. The van der Waals surface area contributed by atoms with E-state index in [0.717, 1.165) is 36.9 Å². The Morgan fingerprint density at radius 3 is 2.41 bits per heavy atom. The molecule has 4 nitrogen and oxygen atoms in total. The minimum atomic E-state index is 0.221. The van der Waals surface area contributed by atoms with Gasteiger partial charge in [0.05, 0.1) is 6.42 Å². The number of benzene rings is 1. The van der Waals surface area contributed by atoms with E-state index < -0.39 is 0 Å². The van der Waals surface area contributed by atoms with Gasteiger partial charge in [-0.15, -0.1) is 11.3 Å². The number of rotatable bonds is 3. The van der Waals surface area contributed by atoms with Gasteiger partial charge in [0.15, 0.2) is 5.13 Å². The third-order valence-corrected chi connectivity index (χ3v) is 4.96. The SMILES string of the molecule is Cc1ccc(CC(=O)N2CCN(c3ncc(C)s3)CC2)cc1. The van der Waals surface area contributed by atoms with E-state index >= 15 is 0 Å². The van der Waals surface area contributed by atoms with Crippen molar-refractivity contribution in [3.63, 3.8) is 0 Å². The topological polar surface area (TPSA) is 36.4 Å². The van der Waals surface area contributed by atoms with E-state index in [1.165, 1.54) is 10.4 Å². The minimum absolute atomic E-state index is 0.221. The van der Waals surface area contributed by atoms with Crippen molar-refractivity contribution < 1.29 is 4.79 Å². The monoisotopic (exact) mass is 315 g/mol. The first-order chi connectivity index (χ1) is 10.6. The van der Waals surface area contributed by atoms with E-state index in [4.69, 9.17) is 0 Å². The Bertz CT molecular complexity index is 642. The molecule has 1 fully saturated rings. The van der Waals surface area contributed by atoms with Gasteiger partial charge in [0.25, 0.3) is 0 Å². The highest BCUT2D eigenvalue weighted by atomic mass is 32.1. The number of aromatic nitrogens is 1. The summed E-state index contributed by atoms with van der Waals surface area (Å²) >= 11 is 1.72. The lowest BCUT2D eigenvalue weighted by atomic mass is 10.1. The number of piperazine rings is 1. The van der Waals surface area contributed by atoms with Gasteiger partial charge in [-0.05, 0) is 19.4 Å². The summed E-state index contributed by atoms with van der Waals surface area (Å²) in [7, 11) is 0. The summed E-state index contributed by atoms with van der Waals surface area (Å²) in [5, 5.41) is 1.07. The predicted molar refractivity (Wildman–Crippen MR) is 90.5 cm³/mol. The van der Waals surface area contributed by atoms with Crippen LogP contribution in [-0.4, -0.2) is 42.0 Å². The molecule has 0 aliphatic carbocycles. The third-order valence-electron chi connectivity index (χ3n) is 3.99. The van der Waals surface area contributed by atoms with E-state index in [9.17, 15) is 4.79 Å². The second-order valence-corrected chi connectivity index (χ2v) is 7.00. The highest BCUT2D eigenvalue weighted by Crippen LogP contribution is 2.22. The number of carbonyl (C=O) groups is 1. The zero-order valence-corrected chi connectivity index (χ0v) is 13.9. The van der Waals surface area contributed by atoms with E-state index in [-0.39, 0.29) is 5.91 Å². The number of carbonyl (C=O) groups excluding carboxylic acids is 1. The Morgan fingerprint density at radius 1 is 1.14 bits per heavy atom. The largest absolute Gasteiger partial charge is 0.345 e. The van der Waals surface area contributed by atoms with E-state index in [1.807, 2.05) is 23.2 Å². The van der Waals surface area contributed by atoms with Gasteiger partial charge in [-0.2, -0.15) is 0 Å². The van der Waals surface area contributed by atoms with Crippen LogP contribution in [0.15, 0.2) is 30.5 Å². The van der Waals surface area contributed by atoms with Gasteiger partial charge in [0, 0.05) is 37.3 Å². The zero-order valence-electron chi connectivity index (χ0n) is 13.1. The van der Waals surface area contributed by atoms with E-state index in [1.54, 1.807) is 11.3 Å². The second kappa shape index (κ2) is 6.48. The Balaban J connectivity index is 1.54. The summed E-state index contributed by atoms with van der Waals surface area (Å²) < 4.78 is 0. The Kier molecular flexibility index (Phi) is 4.43. The van der Waals surface area contributed by atoms with Crippen molar-refractivity contribution in [1.29, 1.82) is 0 Å². The van der Waals surface area contributed by atoms with E-state index in [2.05, 4.69) is 35.9 Å². The molecule has 1 aromatic carbocycles. The van der Waals surface area contributed by atoms with Gasteiger partial charge in [-0.3, -0.25) is 4.79 Å². The van der Waals surface area contributed by atoms with Crippen molar-refractivity contribution in [3.05, 3.63) is 46.5 Å².